The summed E-state index contributed by atoms with van der Waals surface area (Å²) in [5.74, 6) is 1.34. The number of nitrogens with zero attached hydrogens (tertiary/aromatic N) is 1. The minimum absolute atomic E-state index is 0. The van der Waals surface area contributed by atoms with Crippen LogP contribution in [0.5, 0.6) is 5.75 Å². The molecule has 7 nitrogen and oxygen atoms in total. The van der Waals surface area contributed by atoms with E-state index in [0.717, 1.165) is 58.8 Å². The van der Waals surface area contributed by atoms with E-state index in [1.807, 2.05) is 31.3 Å². The zero-order valence-corrected chi connectivity index (χ0v) is 20.9. The number of aryl methyl sites for hydroxylation is 1. The molecule has 4 N–H and O–H groups in total. The number of aromatic amines is 1. The first-order valence-corrected chi connectivity index (χ1v) is 11.0. The highest BCUT2D eigenvalue weighted by Gasteiger charge is 2.15. The second kappa shape index (κ2) is 11.9. The van der Waals surface area contributed by atoms with Gasteiger partial charge in [0.05, 0.1) is 6.54 Å². The predicted octanol–water partition coefficient (Wildman–Crippen LogP) is 3.99. The minimum Gasteiger partial charge on any atom is -0.492 e. The van der Waals surface area contributed by atoms with Gasteiger partial charge in [0, 0.05) is 42.3 Å². The Morgan fingerprint density at radius 1 is 1.18 bits per heavy atom. The third-order valence-corrected chi connectivity index (χ3v) is 5.36. The topological polar surface area (TPSA) is 90.5 Å². The number of amides is 1. The van der Waals surface area contributed by atoms with Crippen LogP contribution in [0.2, 0.25) is 0 Å². The van der Waals surface area contributed by atoms with Gasteiger partial charge in [-0.2, -0.15) is 0 Å². The number of anilines is 1. The smallest absolute Gasteiger partial charge is 0.224 e. The average molecular weight is 565 g/mol. The van der Waals surface area contributed by atoms with Gasteiger partial charge in [0.1, 0.15) is 18.2 Å². The number of guanidine groups is 1. The number of fused-ring (bicyclic) bond motifs is 2. The van der Waals surface area contributed by atoms with Gasteiger partial charge in [0.2, 0.25) is 5.91 Å². The molecule has 9 heteroatoms. The van der Waals surface area contributed by atoms with Crippen molar-refractivity contribution in [1.82, 2.24) is 15.6 Å². The van der Waals surface area contributed by atoms with E-state index in [1.165, 1.54) is 12.1 Å². The van der Waals surface area contributed by atoms with E-state index >= 15 is 0 Å². The summed E-state index contributed by atoms with van der Waals surface area (Å²) in [5.41, 5.74) is 3.89. The zero-order valence-electron chi connectivity index (χ0n) is 18.5. The van der Waals surface area contributed by atoms with Crippen molar-refractivity contribution in [2.24, 2.45) is 4.99 Å². The summed E-state index contributed by atoms with van der Waals surface area (Å²) in [6, 6.07) is 10.5. The number of aliphatic imine (C=N–C) groups is 1. The Kier molecular flexibility index (Phi) is 8.93. The normalized spacial score (nSPS) is 13.2. The van der Waals surface area contributed by atoms with Gasteiger partial charge in [0.15, 0.2) is 5.96 Å². The molecule has 0 saturated heterocycles. The molecule has 1 amide bonds. The number of benzene rings is 2. The van der Waals surface area contributed by atoms with E-state index in [0.29, 0.717) is 26.1 Å². The molecule has 0 radical (unpaired) electrons. The van der Waals surface area contributed by atoms with Crippen LogP contribution in [0.3, 0.4) is 0 Å². The lowest BCUT2D eigenvalue weighted by Gasteiger charge is -2.18. The molecule has 0 aliphatic carbocycles. The lowest BCUT2D eigenvalue weighted by atomic mass is 10.0. The van der Waals surface area contributed by atoms with Gasteiger partial charge >= 0.3 is 0 Å². The fourth-order valence-electron chi connectivity index (χ4n) is 3.78. The van der Waals surface area contributed by atoms with Crippen LogP contribution in [0, 0.1) is 5.82 Å². The third-order valence-electron chi connectivity index (χ3n) is 5.36. The Balaban J connectivity index is 0.00000306. The highest BCUT2D eigenvalue weighted by molar-refractivity contribution is 14.0. The Labute approximate surface area is 209 Å². The Hall–Kier alpha value is -2.82. The second-order valence-corrected chi connectivity index (χ2v) is 7.66. The molecule has 0 atom stereocenters. The van der Waals surface area contributed by atoms with Gasteiger partial charge in [0.25, 0.3) is 0 Å². The lowest BCUT2D eigenvalue weighted by Crippen LogP contribution is -2.39. The van der Waals surface area contributed by atoms with Crippen molar-refractivity contribution in [3.05, 3.63) is 59.5 Å². The molecule has 2 heterocycles. The largest absolute Gasteiger partial charge is 0.492 e. The molecule has 4 rings (SSSR count). The predicted molar refractivity (Wildman–Crippen MR) is 140 cm³/mol. The molecule has 176 valence electrons. The molecule has 0 unspecified atom stereocenters. The lowest BCUT2D eigenvalue weighted by molar-refractivity contribution is -0.116. The summed E-state index contributed by atoms with van der Waals surface area (Å²) < 4.78 is 19.2. The van der Waals surface area contributed by atoms with Crippen molar-refractivity contribution < 1.29 is 13.9 Å². The molecule has 3 aromatic rings. The third kappa shape index (κ3) is 6.59. The molecule has 0 spiro atoms. The number of carbonyl (C=O) groups is 1. The number of ether oxygens (including phenoxy) is 1. The van der Waals surface area contributed by atoms with E-state index in [2.05, 4.69) is 25.9 Å². The fourth-order valence-corrected chi connectivity index (χ4v) is 3.78. The molecule has 0 fully saturated rings. The highest BCUT2D eigenvalue weighted by atomic mass is 127. The summed E-state index contributed by atoms with van der Waals surface area (Å²) >= 11 is 0. The molecule has 1 aromatic heterocycles. The van der Waals surface area contributed by atoms with Gasteiger partial charge in [-0.15, -0.1) is 24.0 Å². The first-order valence-electron chi connectivity index (χ1n) is 11.0. The van der Waals surface area contributed by atoms with E-state index in [1.54, 1.807) is 6.07 Å². The van der Waals surface area contributed by atoms with Crippen LogP contribution in [0.15, 0.2) is 47.6 Å². The van der Waals surface area contributed by atoms with Crippen molar-refractivity contribution in [3.8, 4) is 5.75 Å². The molecule has 2 aromatic carbocycles. The second-order valence-electron chi connectivity index (χ2n) is 7.66. The highest BCUT2D eigenvalue weighted by Crippen LogP contribution is 2.26. The van der Waals surface area contributed by atoms with E-state index in [9.17, 15) is 9.18 Å². The van der Waals surface area contributed by atoms with Crippen molar-refractivity contribution in [1.29, 1.82) is 0 Å². The van der Waals surface area contributed by atoms with Crippen molar-refractivity contribution in [2.45, 2.75) is 26.2 Å². The van der Waals surface area contributed by atoms with E-state index < -0.39 is 0 Å². The van der Waals surface area contributed by atoms with Gasteiger partial charge < -0.3 is 25.7 Å². The van der Waals surface area contributed by atoms with Crippen LogP contribution in [0.1, 0.15) is 24.5 Å². The Morgan fingerprint density at radius 2 is 2.06 bits per heavy atom. The van der Waals surface area contributed by atoms with Crippen LogP contribution >= 0.6 is 24.0 Å². The maximum Gasteiger partial charge on any atom is 0.224 e. The number of hydrogen-bond donors (Lipinski definition) is 4. The summed E-state index contributed by atoms with van der Waals surface area (Å²) in [5, 5.41) is 10.4. The van der Waals surface area contributed by atoms with Crippen LogP contribution in [-0.2, 0) is 17.6 Å². The van der Waals surface area contributed by atoms with Gasteiger partial charge in [-0.1, -0.05) is 0 Å². The van der Waals surface area contributed by atoms with Crippen LogP contribution in [0.4, 0.5) is 10.1 Å². The molecule has 33 heavy (non-hydrogen) atoms. The van der Waals surface area contributed by atoms with Gasteiger partial charge in [-0.3, -0.25) is 9.79 Å². The van der Waals surface area contributed by atoms with Gasteiger partial charge in [-0.25, -0.2) is 4.39 Å². The fraction of sp³-hybridized carbons (Fsp3) is 0.333. The Morgan fingerprint density at radius 3 is 2.91 bits per heavy atom. The standard InChI is InChI=1S/C24H28FN5O2.HI/c1-2-26-24(27-10-9-17-15-29-22-14-18(25)4-6-20(17)22)28-11-12-32-19-5-7-21-16(13-19)3-8-23(31)30-21;/h4-7,13-15,29H,2-3,8-12H2,1H3,(H,30,31)(H2,26,27,28);1H. The van der Waals surface area contributed by atoms with Gasteiger partial charge in [-0.05, 0) is 67.3 Å². The van der Waals surface area contributed by atoms with Crippen LogP contribution in [0.25, 0.3) is 10.9 Å². The molecule has 1 aliphatic rings. The molecular formula is C24H29FIN5O2. The average Bonchev–Trinajstić information content (AvgIpc) is 3.18. The number of H-pyrrole nitrogens is 1. The molecule has 1 aliphatic heterocycles. The molecule has 0 bridgehead atoms. The first kappa shape index (κ1) is 24.8. The van der Waals surface area contributed by atoms with Crippen molar-refractivity contribution in [3.63, 3.8) is 0 Å². The maximum atomic E-state index is 13.3. The number of hydrogen-bond acceptors (Lipinski definition) is 3. The van der Waals surface area contributed by atoms with E-state index in [4.69, 9.17) is 4.74 Å². The summed E-state index contributed by atoms with van der Waals surface area (Å²) in [7, 11) is 0. The quantitative estimate of drug-likeness (QED) is 0.144. The van der Waals surface area contributed by atoms with E-state index in [-0.39, 0.29) is 35.7 Å². The summed E-state index contributed by atoms with van der Waals surface area (Å²) in [6.07, 6.45) is 3.91. The van der Waals surface area contributed by atoms with Crippen molar-refractivity contribution >= 4 is 52.4 Å². The number of halogens is 2. The SMILES string of the molecule is CCNC(=NCCc1c[nH]c2cc(F)ccc12)NCCOc1ccc2c(c1)CCC(=O)N2.I. The zero-order chi connectivity index (χ0) is 22.3. The number of carbonyl (C=O) groups excluding carboxylic acids is 1. The Bertz CT molecular complexity index is 1130. The monoisotopic (exact) mass is 565 g/mol. The minimum atomic E-state index is -0.244. The van der Waals surface area contributed by atoms with Crippen LogP contribution < -0.4 is 20.7 Å². The van der Waals surface area contributed by atoms with Crippen molar-refractivity contribution in [2.75, 3.05) is 31.6 Å². The maximum absolute atomic E-state index is 13.3. The number of aromatic nitrogens is 1. The molecule has 0 saturated carbocycles. The summed E-state index contributed by atoms with van der Waals surface area (Å²) in [6.45, 7) is 4.48. The number of nitrogens with one attached hydrogen (secondary N) is 4. The van der Waals surface area contributed by atoms with Crippen LogP contribution in [-0.4, -0.2) is 43.1 Å². The molecular weight excluding hydrogens is 536 g/mol. The summed E-state index contributed by atoms with van der Waals surface area (Å²) in [4.78, 5) is 19.2. The number of rotatable bonds is 8. The first-order chi connectivity index (χ1) is 15.6.